The molecule has 4 atom stereocenters. The van der Waals surface area contributed by atoms with Crippen molar-refractivity contribution in [3.8, 4) is 0 Å². The highest BCUT2D eigenvalue weighted by atomic mass is 29.3. The van der Waals surface area contributed by atoms with Gasteiger partial charge in [0, 0.05) is 0 Å². The molecule has 7 rings (SSSR count). The third kappa shape index (κ3) is 5.77. The number of benzene rings is 4. The van der Waals surface area contributed by atoms with Crippen LogP contribution in [0.1, 0.15) is 33.1 Å². The predicted octanol–water partition coefficient (Wildman–Crippen LogP) is 4.64. The largest absolute Gasteiger partial charge is 0.399 e. The number of ether oxygens (including phenoxy) is 4. The van der Waals surface area contributed by atoms with Gasteiger partial charge in [0.2, 0.25) is 0 Å². The van der Waals surface area contributed by atoms with Gasteiger partial charge in [-0.2, -0.15) is 0 Å². The molecule has 4 unspecified atom stereocenters. The van der Waals surface area contributed by atoms with Crippen molar-refractivity contribution in [3.05, 3.63) is 121 Å². The molecule has 0 radical (unpaired) electrons. The van der Waals surface area contributed by atoms with E-state index >= 15 is 0 Å². The maximum atomic E-state index is 8.44. The van der Waals surface area contributed by atoms with Crippen LogP contribution in [0.25, 0.3) is 0 Å². The van der Waals surface area contributed by atoms with Crippen LogP contribution >= 0.6 is 0 Å². The van der Waals surface area contributed by atoms with E-state index in [4.69, 9.17) is 23.4 Å². The average molecular weight is 651 g/mol. The van der Waals surface area contributed by atoms with E-state index in [0.29, 0.717) is 13.2 Å². The summed E-state index contributed by atoms with van der Waals surface area (Å²) in [6.45, 7) is 7.17. The molecule has 0 saturated carbocycles. The fraction of sp³-hybridized carbons (Fsp3) is 0.385. The zero-order valence-corrected chi connectivity index (χ0v) is 29.1. The van der Waals surface area contributed by atoms with Gasteiger partial charge in [-0.1, -0.05) is 146 Å². The van der Waals surface area contributed by atoms with Gasteiger partial charge in [-0.3, -0.25) is 0 Å². The van der Waals surface area contributed by atoms with E-state index in [1.165, 1.54) is 20.7 Å². The van der Waals surface area contributed by atoms with Crippen molar-refractivity contribution in [1.29, 1.82) is 0 Å². The number of rotatable bonds is 14. The van der Waals surface area contributed by atoms with Crippen LogP contribution in [0.2, 0.25) is 6.04 Å². The maximum Gasteiger partial charge on any atom is 0.252 e. The number of hydrogen-bond acceptors (Lipinski definition) is 5. The molecule has 3 aliphatic rings. The standard InChI is InChI=1S/C39H46O5Si2/c1-3-37(42-29-31-27-40-31)39(38(4-2)43-30-32-28-41-32)25-26-45(33-17-9-5-10-18-33,34-19-11-6-12-20-34)46(44-39,35-21-13-7-14-22-35)36-23-15-8-16-24-36/h5-24,31-32,37-38H,3-4,25-30H2,1-2H3. The second-order valence-electron chi connectivity index (χ2n) is 13.0. The first kappa shape index (κ1) is 31.7. The van der Waals surface area contributed by atoms with Crippen LogP contribution in [0.15, 0.2) is 121 Å². The Balaban J connectivity index is 1.51. The molecule has 0 spiro atoms. The first-order chi connectivity index (χ1) is 22.7. The van der Waals surface area contributed by atoms with E-state index < -0.39 is 21.0 Å². The van der Waals surface area contributed by atoms with Crippen molar-refractivity contribution < 1.29 is 23.4 Å². The minimum atomic E-state index is -3.15. The molecular formula is C39H46O5Si2. The van der Waals surface area contributed by atoms with Crippen molar-refractivity contribution in [2.45, 2.75) is 69.2 Å². The van der Waals surface area contributed by atoms with Gasteiger partial charge >= 0.3 is 0 Å². The monoisotopic (exact) mass is 650 g/mol. The lowest BCUT2D eigenvalue weighted by Gasteiger charge is -2.60. The molecule has 5 nitrogen and oxygen atoms in total. The molecule has 0 aromatic heterocycles. The Hall–Kier alpha value is -2.89. The molecule has 0 bridgehead atoms. The fourth-order valence-corrected chi connectivity index (χ4v) is 26.3. The summed E-state index contributed by atoms with van der Waals surface area (Å²) in [4.78, 5) is 0. The lowest BCUT2D eigenvalue weighted by atomic mass is 9.84. The molecule has 3 heterocycles. The number of hydrogen-bond donors (Lipinski definition) is 0. The van der Waals surface area contributed by atoms with Gasteiger partial charge in [-0.05, 0) is 35.7 Å². The molecule has 0 amide bonds. The van der Waals surface area contributed by atoms with Crippen molar-refractivity contribution >= 4 is 36.2 Å². The molecule has 4 aromatic rings. The van der Waals surface area contributed by atoms with Gasteiger partial charge < -0.3 is 23.4 Å². The van der Waals surface area contributed by atoms with Crippen LogP contribution in [0.5, 0.6) is 0 Å². The second kappa shape index (κ2) is 13.7. The van der Waals surface area contributed by atoms with Crippen LogP contribution in [0.4, 0.5) is 0 Å². The highest BCUT2D eigenvalue weighted by Gasteiger charge is 2.69. The highest BCUT2D eigenvalue weighted by Crippen LogP contribution is 2.46. The van der Waals surface area contributed by atoms with Crippen LogP contribution < -0.4 is 20.7 Å². The van der Waals surface area contributed by atoms with Crippen LogP contribution in [0, 0.1) is 0 Å². The van der Waals surface area contributed by atoms with E-state index in [1.54, 1.807) is 0 Å². The topological polar surface area (TPSA) is 52.8 Å². The van der Waals surface area contributed by atoms with Gasteiger partial charge in [0.05, 0.1) is 38.6 Å². The lowest BCUT2D eigenvalue weighted by Crippen LogP contribution is -2.91. The highest BCUT2D eigenvalue weighted by molar-refractivity contribution is 7.57. The Kier molecular flexibility index (Phi) is 9.43. The lowest BCUT2D eigenvalue weighted by molar-refractivity contribution is -0.177. The van der Waals surface area contributed by atoms with Crippen molar-refractivity contribution in [2.24, 2.45) is 0 Å². The Labute approximate surface area is 275 Å². The van der Waals surface area contributed by atoms with Crippen molar-refractivity contribution in [1.82, 2.24) is 0 Å². The summed E-state index contributed by atoms with van der Waals surface area (Å²) in [5, 5.41) is 5.47. The van der Waals surface area contributed by atoms with Crippen LogP contribution in [0.3, 0.4) is 0 Å². The zero-order valence-electron chi connectivity index (χ0n) is 27.1. The third-order valence-electron chi connectivity index (χ3n) is 10.3. The third-order valence-corrected chi connectivity index (χ3v) is 26.3. The van der Waals surface area contributed by atoms with Gasteiger partial charge in [0.25, 0.3) is 7.83 Å². The summed E-state index contributed by atoms with van der Waals surface area (Å²) in [5.41, 5.74) is -0.661. The fourth-order valence-electron chi connectivity index (χ4n) is 8.06. The molecule has 0 aliphatic carbocycles. The Morgan fingerprint density at radius 1 is 0.609 bits per heavy atom. The minimum Gasteiger partial charge on any atom is -0.399 e. The molecule has 4 aromatic carbocycles. The van der Waals surface area contributed by atoms with Crippen molar-refractivity contribution in [2.75, 3.05) is 26.4 Å². The van der Waals surface area contributed by atoms with Crippen LogP contribution in [-0.4, -0.2) is 71.9 Å². The van der Waals surface area contributed by atoms with E-state index in [0.717, 1.165) is 38.5 Å². The van der Waals surface area contributed by atoms with Gasteiger partial charge in [0.15, 0.2) is 7.59 Å². The second-order valence-corrected chi connectivity index (χ2v) is 23.8. The predicted molar refractivity (Wildman–Crippen MR) is 189 cm³/mol. The van der Waals surface area contributed by atoms with Gasteiger partial charge in [0.1, 0.15) is 17.8 Å². The maximum absolute atomic E-state index is 8.44. The summed E-state index contributed by atoms with van der Waals surface area (Å²) < 4.78 is 33.5. The van der Waals surface area contributed by atoms with Gasteiger partial charge in [-0.15, -0.1) is 0 Å². The molecular weight excluding hydrogens is 605 g/mol. The summed E-state index contributed by atoms with van der Waals surface area (Å²) >= 11 is 0. The molecule has 46 heavy (non-hydrogen) atoms. The Morgan fingerprint density at radius 2 is 0.978 bits per heavy atom. The molecule has 240 valence electrons. The number of epoxide rings is 2. The Morgan fingerprint density at radius 3 is 1.33 bits per heavy atom. The van der Waals surface area contributed by atoms with E-state index in [1.807, 2.05) is 0 Å². The summed E-state index contributed by atoms with van der Waals surface area (Å²) in [7, 11) is -5.87. The first-order valence-electron chi connectivity index (χ1n) is 17.0. The molecule has 3 aliphatic heterocycles. The normalized spacial score (nSPS) is 25.8. The summed E-state index contributed by atoms with van der Waals surface area (Å²) in [6.07, 6.45) is 2.54. The SMILES string of the molecule is CCC(OCC1CO1)C1(C(CC)OCC2CO2)CC[Si](c2ccccc2)(c2ccccc2)[Si](c2ccccc2)(c2ccccc2)O1. The van der Waals surface area contributed by atoms with E-state index in [-0.39, 0.29) is 24.4 Å². The van der Waals surface area contributed by atoms with E-state index in [9.17, 15) is 0 Å². The Bertz CT molecular complexity index is 1430. The summed E-state index contributed by atoms with van der Waals surface area (Å²) in [6, 6.07) is 46.0. The van der Waals surface area contributed by atoms with Crippen LogP contribution in [-0.2, 0) is 23.4 Å². The van der Waals surface area contributed by atoms with E-state index in [2.05, 4.69) is 135 Å². The quantitative estimate of drug-likeness (QED) is 0.147. The average Bonchev–Trinajstić information content (AvgIpc) is 4.07. The molecule has 3 fully saturated rings. The first-order valence-corrected chi connectivity index (χ1v) is 22.2. The summed E-state index contributed by atoms with van der Waals surface area (Å²) in [5.74, 6) is 0. The molecule has 3 saturated heterocycles. The van der Waals surface area contributed by atoms with Crippen molar-refractivity contribution in [3.63, 3.8) is 0 Å². The zero-order chi connectivity index (χ0) is 31.5. The van der Waals surface area contributed by atoms with Gasteiger partial charge in [-0.25, -0.2) is 0 Å². The molecule has 7 heteroatoms. The minimum absolute atomic E-state index is 0.153. The molecule has 0 N–H and O–H groups in total. The smallest absolute Gasteiger partial charge is 0.252 e.